The lowest BCUT2D eigenvalue weighted by Crippen LogP contribution is -2.39. The summed E-state index contributed by atoms with van der Waals surface area (Å²) in [6.07, 6.45) is 5.43. The first kappa shape index (κ1) is 24.0. The molecule has 0 aromatic heterocycles. The van der Waals surface area contributed by atoms with Gasteiger partial charge in [0.15, 0.2) is 0 Å². The molecule has 34 heavy (non-hydrogen) atoms. The number of hydrogen-bond acceptors (Lipinski definition) is 2. The fourth-order valence-electron chi connectivity index (χ4n) is 5.02. The highest BCUT2D eigenvalue weighted by atomic mass is 16.2. The summed E-state index contributed by atoms with van der Waals surface area (Å²) < 4.78 is 0. The molecule has 3 aromatic carbocycles. The molecule has 1 heterocycles. The Hall–Kier alpha value is -3.11. The maximum Gasteiger partial charge on any atom is 0.319 e. The van der Waals surface area contributed by atoms with Crippen molar-refractivity contribution < 1.29 is 4.79 Å². The minimum Gasteiger partial charge on any atom is -0.334 e. The average Bonchev–Trinajstić information content (AvgIpc) is 3.30. The molecule has 0 bridgehead atoms. The maximum atomic E-state index is 12.5. The van der Waals surface area contributed by atoms with E-state index in [0.29, 0.717) is 0 Å². The fourth-order valence-corrected chi connectivity index (χ4v) is 5.02. The molecule has 1 fully saturated rings. The van der Waals surface area contributed by atoms with Crippen molar-refractivity contribution in [2.75, 3.05) is 11.9 Å². The SMILES string of the molecule is CCCc1ccc(C(c2ccc(CCC)cc2)C2CC(NC(=O)Nc3ccccc3)CN2)cc1. The molecule has 4 rings (SSSR count). The van der Waals surface area contributed by atoms with E-state index < -0.39 is 0 Å². The number of carbonyl (C=O) groups is 1. The van der Waals surface area contributed by atoms with Crippen molar-refractivity contribution in [2.45, 2.75) is 64.0 Å². The van der Waals surface area contributed by atoms with E-state index in [1.807, 2.05) is 30.3 Å². The van der Waals surface area contributed by atoms with Crippen molar-refractivity contribution >= 4 is 11.7 Å². The van der Waals surface area contributed by atoms with E-state index >= 15 is 0 Å². The number of carbonyl (C=O) groups excluding carboxylic acids is 1. The first-order valence-corrected chi connectivity index (χ1v) is 12.7. The molecule has 0 spiro atoms. The molecule has 1 aliphatic heterocycles. The van der Waals surface area contributed by atoms with Crippen LogP contribution in [-0.4, -0.2) is 24.7 Å². The molecule has 1 aliphatic rings. The van der Waals surface area contributed by atoms with Gasteiger partial charge in [-0.3, -0.25) is 0 Å². The second-order valence-corrected chi connectivity index (χ2v) is 9.37. The summed E-state index contributed by atoms with van der Waals surface area (Å²) >= 11 is 0. The van der Waals surface area contributed by atoms with Crippen LogP contribution in [0.1, 0.15) is 61.3 Å². The van der Waals surface area contributed by atoms with Crippen molar-refractivity contribution in [1.82, 2.24) is 10.6 Å². The predicted molar refractivity (Wildman–Crippen MR) is 142 cm³/mol. The Morgan fingerprint density at radius 2 is 1.41 bits per heavy atom. The van der Waals surface area contributed by atoms with E-state index in [2.05, 4.69) is 78.3 Å². The molecule has 178 valence electrons. The third-order valence-electron chi connectivity index (χ3n) is 6.69. The lowest BCUT2D eigenvalue weighted by Gasteiger charge is -2.26. The van der Waals surface area contributed by atoms with Crippen molar-refractivity contribution in [3.63, 3.8) is 0 Å². The van der Waals surface area contributed by atoms with Gasteiger partial charge in [-0.15, -0.1) is 0 Å². The van der Waals surface area contributed by atoms with Crippen LogP contribution in [0.3, 0.4) is 0 Å². The van der Waals surface area contributed by atoms with Gasteiger partial charge in [0.25, 0.3) is 0 Å². The number of nitrogens with one attached hydrogen (secondary N) is 3. The van der Waals surface area contributed by atoms with Crippen molar-refractivity contribution in [1.29, 1.82) is 0 Å². The van der Waals surface area contributed by atoms with Crippen molar-refractivity contribution in [3.05, 3.63) is 101 Å². The summed E-state index contributed by atoms with van der Waals surface area (Å²) in [6, 6.07) is 28.0. The Kier molecular flexibility index (Phi) is 8.37. The summed E-state index contributed by atoms with van der Waals surface area (Å²) in [7, 11) is 0. The van der Waals surface area contributed by atoms with Crippen molar-refractivity contribution in [2.24, 2.45) is 0 Å². The Morgan fingerprint density at radius 3 is 1.94 bits per heavy atom. The Balaban J connectivity index is 1.49. The van der Waals surface area contributed by atoms with Crippen LogP contribution in [-0.2, 0) is 12.8 Å². The van der Waals surface area contributed by atoms with Crippen molar-refractivity contribution in [3.8, 4) is 0 Å². The van der Waals surface area contributed by atoms with Crippen LogP contribution in [0.5, 0.6) is 0 Å². The summed E-state index contributed by atoms with van der Waals surface area (Å²) in [5.41, 5.74) is 6.24. The Bertz CT molecular complexity index is 981. The number of rotatable bonds is 9. The van der Waals surface area contributed by atoms with Gasteiger partial charge in [0.1, 0.15) is 0 Å². The van der Waals surface area contributed by atoms with Gasteiger partial charge in [0.05, 0.1) is 0 Å². The molecule has 3 aromatic rings. The number of hydrogen-bond donors (Lipinski definition) is 3. The zero-order chi connectivity index (χ0) is 23.8. The smallest absolute Gasteiger partial charge is 0.319 e. The molecular formula is C30H37N3O. The van der Waals surface area contributed by atoms with Gasteiger partial charge < -0.3 is 16.0 Å². The number of para-hydroxylation sites is 1. The molecule has 1 saturated heterocycles. The molecule has 4 heteroatoms. The van der Waals surface area contributed by atoms with E-state index in [0.717, 1.165) is 44.3 Å². The van der Waals surface area contributed by atoms with Crippen LogP contribution < -0.4 is 16.0 Å². The number of benzene rings is 3. The molecule has 0 aliphatic carbocycles. The van der Waals surface area contributed by atoms with Gasteiger partial charge in [-0.2, -0.15) is 0 Å². The van der Waals surface area contributed by atoms with Gasteiger partial charge >= 0.3 is 6.03 Å². The number of urea groups is 1. The van der Waals surface area contributed by atoms with Crippen LogP contribution in [0, 0.1) is 0 Å². The monoisotopic (exact) mass is 455 g/mol. The minimum absolute atomic E-state index is 0.0925. The van der Waals surface area contributed by atoms with Crippen LogP contribution in [0.2, 0.25) is 0 Å². The standard InChI is InChI=1S/C30H37N3O/c1-3-8-22-12-16-24(17-13-22)29(25-18-14-23(9-4-2)15-19-25)28-20-27(21-31-28)33-30(34)32-26-10-6-5-7-11-26/h5-7,10-19,27-29,31H,3-4,8-9,20-21H2,1-2H3,(H2,32,33,34). The molecule has 2 amide bonds. The largest absolute Gasteiger partial charge is 0.334 e. The van der Waals surface area contributed by atoms with E-state index in [1.54, 1.807) is 0 Å². The summed E-state index contributed by atoms with van der Waals surface area (Å²) in [4.78, 5) is 12.5. The van der Waals surface area contributed by atoms with Gasteiger partial charge in [-0.05, 0) is 53.6 Å². The summed E-state index contributed by atoms with van der Waals surface area (Å²) in [6.45, 7) is 5.21. The van der Waals surface area contributed by atoms with Gasteiger partial charge in [-0.25, -0.2) is 4.79 Å². The second kappa shape index (κ2) is 11.8. The highest BCUT2D eigenvalue weighted by Gasteiger charge is 2.33. The third kappa shape index (κ3) is 6.27. The third-order valence-corrected chi connectivity index (χ3v) is 6.69. The molecule has 2 atom stereocenters. The molecule has 0 radical (unpaired) electrons. The van der Waals surface area contributed by atoms with E-state index in [4.69, 9.17) is 0 Å². The quantitative estimate of drug-likeness (QED) is 0.356. The topological polar surface area (TPSA) is 53.2 Å². The molecule has 3 N–H and O–H groups in total. The second-order valence-electron chi connectivity index (χ2n) is 9.37. The highest BCUT2D eigenvalue weighted by Crippen LogP contribution is 2.33. The maximum absolute atomic E-state index is 12.5. The van der Waals surface area contributed by atoms with Crippen LogP contribution in [0.4, 0.5) is 10.5 Å². The van der Waals surface area contributed by atoms with E-state index in [1.165, 1.54) is 22.3 Å². The first-order chi connectivity index (χ1) is 16.7. The van der Waals surface area contributed by atoms with Crippen LogP contribution in [0.15, 0.2) is 78.9 Å². The summed E-state index contributed by atoms with van der Waals surface area (Å²) in [5, 5.41) is 9.80. The van der Waals surface area contributed by atoms with E-state index in [-0.39, 0.29) is 24.0 Å². The number of anilines is 1. The molecule has 4 nitrogen and oxygen atoms in total. The predicted octanol–water partition coefficient (Wildman–Crippen LogP) is 6.28. The van der Waals surface area contributed by atoms with E-state index in [9.17, 15) is 4.79 Å². The number of amides is 2. The molecule has 0 saturated carbocycles. The summed E-state index contributed by atoms with van der Waals surface area (Å²) in [5.74, 6) is 0.246. The molecule has 2 unspecified atom stereocenters. The Labute approximate surface area is 204 Å². The van der Waals surface area contributed by atoms with Crippen LogP contribution in [0.25, 0.3) is 0 Å². The first-order valence-electron chi connectivity index (χ1n) is 12.7. The zero-order valence-electron chi connectivity index (χ0n) is 20.4. The van der Waals surface area contributed by atoms with Gasteiger partial charge in [0.2, 0.25) is 0 Å². The fraction of sp³-hybridized carbons (Fsp3) is 0.367. The van der Waals surface area contributed by atoms with Crippen LogP contribution >= 0.6 is 0 Å². The Morgan fingerprint density at radius 1 is 0.853 bits per heavy atom. The lowest BCUT2D eigenvalue weighted by atomic mass is 9.83. The van der Waals surface area contributed by atoms with Gasteiger partial charge in [0, 0.05) is 30.2 Å². The number of aryl methyl sites for hydroxylation is 2. The lowest BCUT2D eigenvalue weighted by molar-refractivity contribution is 0.249. The normalized spacial score (nSPS) is 17.6. The minimum atomic E-state index is -0.150. The zero-order valence-corrected chi connectivity index (χ0v) is 20.4. The highest BCUT2D eigenvalue weighted by molar-refractivity contribution is 5.89. The molecular weight excluding hydrogens is 418 g/mol. The van der Waals surface area contributed by atoms with Gasteiger partial charge in [-0.1, -0.05) is 93.4 Å². The average molecular weight is 456 g/mol.